The molecular weight excluding hydrogens is 352 g/mol. The Morgan fingerprint density at radius 2 is 2.04 bits per heavy atom. The van der Waals surface area contributed by atoms with E-state index in [9.17, 15) is 4.79 Å². The molecule has 2 aliphatic rings. The van der Waals surface area contributed by atoms with Crippen LogP contribution in [0.1, 0.15) is 62.1 Å². The van der Waals surface area contributed by atoms with Crippen molar-refractivity contribution in [3.8, 4) is 0 Å². The standard InChI is InChI=1S/C23H30N2OS/c1-17(2)24-22(26)13-19-14-23(21-6-4-3-5-20(19)21)8-10-25(11-9-23)15-18-7-12-27-16-18/h3-7,12,16-17,19H,8-11,13-15H2,1-2H3,(H,24,26). The van der Waals surface area contributed by atoms with E-state index in [1.807, 2.05) is 13.8 Å². The van der Waals surface area contributed by atoms with Crippen molar-refractivity contribution in [2.75, 3.05) is 13.1 Å². The van der Waals surface area contributed by atoms with Crippen LogP contribution in [0.15, 0.2) is 41.1 Å². The summed E-state index contributed by atoms with van der Waals surface area (Å²) in [4.78, 5) is 15.0. The molecule has 3 nitrogen and oxygen atoms in total. The van der Waals surface area contributed by atoms with Crippen molar-refractivity contribution in [1.82, 2.24) is 10.2 Å². The van der Waals surface area contributed by atoms with Crippen molar-refractivity contribution >= 4 is 17.2 Å². The highest BCUT2D eigenvalue weighted by Crippen LogP contribution is 2.52. The molecule has 1 atom stereocenters. The monoisotopic (exact) mass is 382 g/mol. The predicted octanol–water partition coefficient (Wildman–Crippen LogP) is 4.68. The fourth-order valence-corrected chi connectivity index (χ4v) is 5.73. The summed E-state index contributed by atoms with van der Waals surface area (Å²) in [7, 11) is 0. The number of benzene rings is 1. The molecule has 1 amide bonds. The summed E-state index contributed by atoms with van der Waals surface area (Å²) >= 11 is 1.78. The van der Waals surface area contributed by atoms with E-state index < -0.39 is 0 Å². The van der Waals surface area contributed by atoms with Crippen LogP contribution in [0.25, 0.3) is 0 Å². The fourth-order valence-electron chi connectivity index (χ4n) is 5.07. The van der Waals surface area contributed by atoms with Gasteiger partial charge in [-0.1, -0.05) is 24.3 Å². The van der Waals surface area contributed by atoms with Crippen molar-refractivity contribution in [1.29, 1.82) is 0 Å². The first-order chi connectivity index (χ1) is 13.1. The molecule has 0 saturated carbocycles. The van der Waals surface area contributed by atoms with Gasteiger partial charge in [-0.25, -0.2) is 0 Å². The second kappa shape index (κ2) is 7.76. The van der Waals surface area contributed by atoms with Crippen LogP contribution in [0.5, 0.6) is 0 Å². The molecule has 4 rings (SSSR count). The van der Waals surface area contributed by atoms with E-state index in [0.717, 1.165) is 26.1 Å². The van der Waals surface area contributed by atoms with Gasteiger partial charge in [0.25, 0.3) is 0 Å². The van der Waals surface area contributed by atoms with E-state index in [-0.39, 0.29) is 17.4 Å². The van der Waals surface area contributed by atoms with Crippen LogP contribution in [0, 0.1) is 0 Å². The van der Waals surface area contributed by atoms with E-state index in [1.165, 1.54) is 29.5 Å². The van der Waals surface area contributed by atoms with Crippen LogP contribution in [0.3, 0.4) is 0 Å². The molecule has 1 aliphatic heterocycles. The third-order valence-corrected chi connectivity index (χ3v) is 7.02. The predicted molar refractivity (Wildman–Crippen MR) is 112 cm³/mol. The lowest BCUT2D eigenvalue weighted by atomic mass is 9.73. The Balaban J connectivity index is 1.46. The van der Waals surface area contributed by atoms with Crippen LogP contribution in [-0.4, -0.2) is 29.9 Å². The Bertz CT molecular complexity index is 775. The van der Waals surface area contributed by atoms with Gasteiger partial charge in [0.05, 0.1) is 0 Å². The lowest BCUT2D eigenvalue weighted by Crippen LogP contribution is -2.41. The molecule has 27 heavy (non-hydrogen) atoms. The topological polar surface area (TPSA) is 32.3 Å². The molecule has 1 aromatic heterocycles. The number of piperidine rings is 1. The number of likely N-dealkylation sites (tertiary alicyclic amines) is 1. The first kappa shape index (κ1) is 18.7. The third kappa shape index (κ3) is 3.97. The lowest BCUT2D eigenvalue weighted by molar-refractivity contribution is -0.122. The zero-order valence-electron chi connectivity index (χ0n) is 16.4. The summed E-state index contributed by atoms with van der Waals surface area (Å²) in [6.45, 7) is 7.43. The van der Waals surface area contributed by atoms with Crippen molar-refractivity contribution < 1.29 is 4.79 Å². The summed E-state index contributed by atoms with van der Waals surface area (Å²) in [6, 6.07) is 11.3. The molecule has 1 saturated heterocycles. The second-order valence-corrected chi connectivity index (χ2v) is 9.38. The summed E-state index contributed by atoms with van der Waals surface area (Å²) in [6.07, 6.45) is 4.16. The van der Waals surface area contributed by atoms with E-state index in [0.29, 0.717) is 12.3 Å². The number of amides is 1. The van der Waals surface area contributed by atoms with Gasteiger partial charge >= 0.3 is 0 Å². The summed E-state index contributed by atoms with van der Waals surface area (Å²) in [5.74, 6) is 0.556. The van der Waals surface area contributed by atoms with Crippen molar-refractivity contribution in [2.45, 2.75) is 63.5 Å². The third-order valence-electron chi connectivity index (χ3n) is 6.29. The average molecular weight is 383 g/mol. The molecule has 0 radical (unpaired) electrons. The van der Waals surface area contributed by atoms with E-state index in [2.05, 4.69) is 51.3 Å². The van der Waals surface area contributed by atoms with Gasteiger partial charge < -0.3 is 5.32 Å². The molecule has 1 fully saturated rings. The Hall–Kier alpha value is -1.65. The summed E-state index contributed by atoms with van der Waals surface area (Å²) in [5, 5.41) is 7.51. The molecule has 0 bridgehead atoms. The number of carbonyl (C=O) groups is 1. The maximum absolute atomic E-state index is 12.4. The molecule has 2 aromatic rings. The van der Waals surface area contributed by atoms with Crippen LogP contribution < -0.4 is 5.32 Å². The molecule has 2 heterocycles. The smallest absolute Gasteiger partial charge is 0.220 e. The van der Waals surface area contributed by atoms with Gasteiger partial charge in [0, 0.05) is 19.0 Å². The Kier molecular flexibility index (Phi) is 5.38. The number of nitrogens with zero attached hydrogens (tertiary/aromatic N) is 1. The van der Waals surface area contributed by atoms with Gasteiger partial charge in [-0.2, -0.15) is 11.3 Å². The zero-order chi connectivity index (χ0) is 18.9. The highest BCUT2D eigenvalue weighted by Gasteiger charge is 2.45. The number of rotatable bonds is 5. The van der Waals surface area contributed by atoms with Gasteiger partial charge in [0.1, 0.15) is 0 Å². The zero-order valence-corrected chi connectivity index (χ0v) is 17.2. The molecule has 1 spiro atoms. The summed E-state index contributed by atoms with van der Waals surface area (Å²) < 4.78 is 0. The van der Waals surface area contributed by atoms with E-state index >= 15 is 0 Å². The number of carbonyl (C=O) groups excluding carboxylic acids is 1. The molecule has 4 heteroatoms. The lowest BCUT2D eigenvalue weighted by Gasteiger charge is -2.40. The van der Waals surface area contributed by atoms with Crippen LogP contribution in [-0.2, 0) is 16.8 Å². The van der Waals surface area contributed by atoms with Gasteiger partial charge in [-0.3, -0.25) is 9.69 Å². The molecule has 1 N–H and O–H groups in total. The highest BCUT2D eigenvalue weighted by atomic mass is 32.1. The minimum Gasteiger partial charge on any atom is -0.354 e. The number of fused-ring (bicyclic) bond motifs is 2. The maximum atomic E-state index is 12.4. The molecular formula is C23H30N2OS. The maximum Gasteiger partial charge on any atom is 0.220 e. The van der Waals surface area contributed by atoms with Crippen LogP contribution in [0.2, 0.25) is 0 Å². The van der Waals surface area contributed by atoms with Gasteiger partial charge in [-0.05, 0) is 91.0 Å². The number of hydrogen-bond donors (Lipinski definition) is 1. The van der Waals surface area contributed by atoms with Crippen molar-refractivity contribution in [2.24, 2.45) is 0 Å². The highest BCUT2D eigenvalue weighted by molar-refractivity contribution is 7.07. The van der Waals surface area contributed by atoms with Gasteiger partial charge in [0.15, 0.2) is 0 Å². The SMILES string of the molecule is CC(C)NC(=O)CC1CC2(CCN(Cc3ccsc3)CC2)c2ccccc21. The van der Waals surface area contributed by atoms with Crippen molar-refractivity contribution in [3.63, 3.8) is 0 Å². The van der Waals surface area contributed by atoms with Crippen LogP contribution in [0.4, 0.5) is 0 Å². The van der Waals surface area contributed by atoms with Crippen LogP contribution >= 0.6 is 11.3 Å². The average Bonchev–Trinajstić information content (AvgIpc) is 3.24. The molecule has 144 valence electrons. The first-order valence-electron chi connectivity index (χ1n) is 10.2. The first-order valence-corrected chi connectivity index (χ1v) is 11.1. The quantitative estimate of drug-likeness (QED) is 0.814. The minimum atomic E-state index is 0.191. The van der Waals surface area contributed by atoms with Gasteiger partial charge in [-0.15, -0.1) is 0 Å². The minimum absolute atomic E-state index is 0.191. The molecule has 1 unspecified atom stereocenters. The Morgan fingerprint density at radius 3 is 2.74 bits per heavy atom. The number of nitrogens with one attached hydrogen (secondary N) is 1. The normalized spacial score (nSPS) is 21.5. The second-order valence-electron chi connectivity index (χ2n) is 8.60. The van der Waals surface area contributed by atoms with E-state index in [4.69, 9.17) is 0 Å². The Labute approximate surface area is 166 Å². The Morgan fingerprint density at radius 1 is 1.26 bits per heavy atom. The number of hydrogen-bond acceptors (Lipinski definition) is 3. The van der Waals surface area contributed by atoms with E-state index in [1.54, 1.807) is 11.3 Å². The molecule has 1 aromatic carbocycles. The van der Waals surface area contributed by atoms with Gasteiger partial charge in [0.2, 0.25) is 5.91 Å². The summed E-state index contributed by atoms with van der Waals surface area (Å²) in [5.41, 5.74) is 4.64. The number of thiophene rings is 1. The largest absolute Gasteiger partial charge is 0.354 e. The molecule has 1 aliphatic carbocycles. The van der Waals surface area contributed by atoms with Crippen molar-refractivity contribution in [3.05, 3.63) is 57.8 Å². The fraction of sp³-hybridized carbons (Fsp3) is 0.522.